The van der Waals surface area contributed by atoms with Crippen LogP contribution >= 0.6 is 0 Å². The van der Waals surface area contributed by atoms with Crippen LogP contribution in [-0.2, 0) is 10.3 Å². The molecule has 3 saturated carbocycles. The highest BCUT2D eigenvalue weighted by Gasteiger charge is 2.51. The van der Waals surface area contributed by atoms with Crippen molar-refractivity contribution in [3.63, 3.8) is 0 Å². The Balaban J connectivity index is 1.44. The normalized spacial score (nSPS) is 35.7. The fourth-order valence-corrected chi connectivity index (χ4v) is 4.21. The van der Waals surface area contributed by atoms with Crippen molar-refractivity contribution in [2.45, 2.75) is 43.7 Å². The lowest BCUT2D eigenvalue weighted by molar-refractivity contribution is -0.126. The molecule has 0 saturated heterocycles. The molecule has 0 aliphatic heterocycles. The number of hydrogen-bond acceptors (Lipinski definition) is 2. The zero-order valence-corrected chi connectivity index (χ0v) is 12.0. The Morgan fingerprint density at radius 2 is 1.90 bits per heavy atom. The first-order valence-electron chi connectivity index (χ1n) is 7.91. The minimum absolute atomic E-state index is 0.117. The van der Waals surface area contributed by atoms with E-state index >= 15 is 0 Å². The quantitative estimate of drug-likeness (QED) is 0.896. The first-order chi connectivity index (χ1) is 10.1. The van der Waals surface area contributed by atoms with E-state index in [0.29, 0.717) is 17.9 Å². The molecule has 0 radical (unpaired) electrons. The Hall–Kier alpha value is -1.42. The van der Waals surface area contributed by atoms with Gasteiger partial charge in [0.25, 0.3) is 0 Å². The smallest absolute Gasteiger partial charge is 0.223 e. The number of rotatable bonds is 3. The molecule has 4 heteroatoms. The summed E-state index contributed by atoms with van der Waals surface area (Å²) in [4.78, 5) is 12.5. The van der Waals surface area contributed by atoms with E-state index in [0.717, 1.165) is 37.7 Å². The average molecular weight is 288 g/mol. The average Bonchev–Trinajstić information content (AvgIpc) is 3.14. The molecule has 0 heterocycles. The molecule has 3 aliphatic carbocycles. The van der Waals surface area contributed by atoms with E-state index in [1.54, 1.807) is 12.1 Å². The van der Waals surface area contributed by atoms with Crippen molar-refractivity contribution in [2.75, 3.05) is 0 Å². The van der Waals surface area contributed by atoms with Crippen LogP contribution < -0.4 is 11.1 Å². The van der Waals surface area contributed by atoms with Crippen LogP contribution in [0.2, 0.25) is 0 Å². The first-order valence-corrected chi connectivity index (χ1v) is 7.91. The highest BCUT2D eigenvalue weighted by Crippen LogP contribution is 2.50. The van der Waals surface area contributed by atoms with Crippen molar-refractivity contribution in [1.82, 2.24) is 5.32 Å². The number of fused-ring (bicyclic) bond motifs is 1. The fraction of sp³-hybridized carbons (Fsp3) is 0.588. The van der Waals surface area contributed by atoms with Gasteiger partial charge in [-0.25, -0.2) is 4.39 Å². The molecule has 3 fully saturated rings. The Kier molecular flexibility index (Phi) is 2.86. The van der Waals surface area contributed by atoms with Crippen molar-refractivity contribution in [3.8, 4) is 0 Å². The maximum atomic E-state index is 13.0. The third-order valence-electron chi connectivity index (χ3n) is 5.75. The van der Waals surface area contributed by atoms with Crippen LogP contribution in [0.25, 0.3) is 0 Å². The minimum Gasteiger partial charge on any atom is -0.346 e. The van der Waals surface area contributed by atoms with Gasteiger partial charge in [-0.05, 0) is 61.6 Å². The van der Waals surface area contributed by atoms with Crippen molar-refractivity contribution in [3.05, 3.63) is 35.6 Å². The van der Waals surface area contributed by atoms with E-state index in [1.165, 1.54) is 12.1 Å². The second kappa shape index (κ2) is 4.54. The monoisotopic (exact) mass is 288 g/mol. The highest BCUT2D eigenvalue weighted by molar-refractivity contribution is 5.80. The van der Waals surface area contributed by atoms with Gasteiger partial charge in [-0.3, -0.25) is 4.79 Å². The molecule has 4 rings (SSSR count). The molecular formula is C17H21FN2O. The third kappa shape index (κ3) is 2.16. The molecule has 0 aromatic heterocycles. The lowest BCUT2D eigenvalue weighted by Crippen LogP contribution is -2.44. The topological polar surface area (TPSA) is 55.1 Å². The van der Waals surface area contributed by atoms with Gasteiger partial charge in [0.15, 0.2) is 0 Å². The number of carbonyl (C=O) groups excluding carboxylic acids is 1. The zero-order valence-electron chi connectivity index (χ0n) is 12.0. The van der Waals surface area contributed by atoms with Gasteiger partial charge >= 0.3 is 0 Å². The second-order valence-electron chi connectivity index (χ2n) is 7.07. The van der Waals surface area contributed by atoms with Crippen molar-refractivity contribution in [1.29, 1.82) is 0 Å². The predicted molar refractivity (Wildman–Crippen MR) is 77.8 cm³/mol. The number of nitrogens with one attached hydrogen (secondary N) is 1. The lowest BCUT2D eigenvalue weighted by atomic mass is 9.72. The number of amides is 1. The summed E-state index contributed by atoms with van der Waals surface area (Å²) in [5.41, 5.74) is 6.79. The van der Waals surface area contributed by atoms with Crippen LogP contribution in [0.3, 0.4) is 0 Å². The molecule has 112 valence electrons. The Morgan fingerprint density at radius 3 is 2.48 bits per heavy atom. The molecular weight excluding hydrogens is 267 g/mol. The number of hydrogen-bond donors (Lipinski definition) is 2. The van der Waals surface area contributed by atoms with Crippen LogP contribution in [0.1, 0.15) is 37.7 Å². The maximum absolute atomic E-state index is 13.0. The summed E-state index contributed by atoms with van der Waals surface area (Å²) >= 11 is 0. The van der Waals surface area contributed by atoms with E-state index in [4.69, 9.17) is 5.73 Å². The van der Waals surface area contributed by atoms with Gasteiger partial charge in [-0.15, -0.1) is 0 Å². The first kappa shape index (κ1) is 13.3. The van der Waals surface area contributed by atoms with Gasteiger partial charge in [0, 0.05) is 12.0 Å². The van der Waals surface area contributed by atoms with Gasteiger partial charge in [-0.1, -0.05) is 12.1 Å². The summed E-state index contributed by atoms with van der Waals surface area (Å²) in [5.74, 6) is 1.27. The van der Waals surface area contributed by atoms with E-state index in [-0.39, 0.29) is 23.2 Å². The fourth-order valence-electron chi connectivity index (χ4n) is 4.21. The molecule has 3 N–H and O–H groups in total. The van der Waals surface area contributed by atoms with Crippen LogP contribution in [0, 0.1) is 23.6 Å². The highest BCUT2D eigenvalue weighted by atomic mass is 19.1. The molecule has 4 atom stereocenters. The summed E-state index contributed by atoms with van der Waals surface area (Å²) in [6.07, 6.45) is 4.91. The Morgan fingerprint density at radius 1 is 1.19 bits per heavy atom. The number of benzene rings is 1. The second-order valence-corrected chi connectivity index (χ2v) is 7.07. The van der Waals surface area contributed by atoms with Crippen LogP contribution in [0.4, 0.5) is 4.39 Å². The standard InChI is InChI=1S/C17H21FN2O/c18-13-3-1-12(2-4-13)17(5-6-17)20-16(21)11-7-10-9-15(19)14(10)8-11/h1-4,10-11,14-15H,5-9,19H2,(H,20,21). The molecule has 1 amide bonds. The zero-order chi connectivity index (χ0) is 14.6. The van der Waals surface area contributed by atoms with Crippen LogP contribution in [0.15, 0.2) is 24.3 Å². The number of nitrogens with two attached hydrogens (primary N) is 1. The summed E-state index contributed by atoms with van der Waals surface area (Å²) in [5, 5.41) is 3.23. The summed E-state index contributed by atoms with van der Waals surface area (Å²) in [7, 11) is 0. The Labute approximate surface area is 124 Å². The molecule has 0 bridgehead atoms. The maximum Gasteiger partial charge on any atom is 0.223 e. The van der Waals surface area contributed by atoms with Crippen LogP contribution in [0.5, 0.6) is 0 Å². The predicted octanol–water partition coefficient (Wildman–Crippen LogP) is 2.30. The summed E-state index contributed by atoms with van der Waals surface area (Å²) in [6, 6.07) is 6.82. The van der Waals surface area contributed by atoms with Gasteiger partial charge in [0.05, 0.1) is 5.54 Å². The van der Waals surface area contributed by atoms with Gasteiger partial charge in [-0.2, -0.15) is 0 Å². The van der Waals surface area contributed by atoms with E-state index < -0.39 is 0 Å². The van der Waals surface area contributed by atoms with E-state index in [1.807, 2.05) is 0 Å². The molecule has 0 spiro atoms. The lowest BCUT2D eigenvalue weighted by Gasteiger charge is -2.37. The molecule has 1 aromatic carbocycles. The molecule has 3 nitrogen and oxygen atoms in total. The van der Waals surface area contributed by atoms with Crippen molar-refractivity contribution < 1.29 is 9.18 Å². The van der Waals surface area contributed by atoms with Crippen molar-refractivity contribution >= 4 is 5.91 Å². The van der Waals surface area contributed by atoms with E-state index in [9.17, 15) is 9.18 Å². The molecule has 1 aromatic rings. The molecule has 21 heavy (non-hydrogen) atoms. The molecule has 3 aliphatic rings. The van der Waals surface area contributed by atoms with Gasteiger partial charge < -0.3 is 11.1 Å². The number of halogens is 1. The molecule has 4 unspecified atom stereocenters. The largest absolute Gasteiger partial charge is 0.346 e. The van der Waals surface area contributed by atoms with Crippen molar-refractivity contribution in [2.24, 2.45) is 23.5 Å². The number of carbonyl (C=O) groups is 1. The SMILES string of the molecule is NC1CC2CC(C(=O)NC3(c4ccc(F)cc4)CC3)CC12. The van der Waals surface area contributed by atoms with Crippen LogP contribution in [-0.4, -0.2) is 11.9 Å². The third-order valence-corrected chi connectivity index (χ3v) is 5.75. The Bertz CT molecular complexity index is 567. The summed E-state index contributed by atoms with van der Waals surface area (Å²) in [6.45, 7) is 0. The minimum atomic E-state index is -0.242. The van der Waals surface area contributed by atoms with E-state index in [2.05, 4.69) is 5.32 Å². The van der Waals surface area contributed by atoms with Gasteiger partial charge in [0.1, 0.15) is 5.82 Å². The summed E-state index contributed by atoms with van der Waals surface area (Å²) < 4.78 is 13.0. The van der Waals surface area contributed by atoms with Gasteiger partial charge in [0.2, 0.25) is 5.91 Å².